The van der Waals surface area contributed by atoms with E-state index in [0.717, 1.165) is 6.21 Å². The van der Waals surface area contributed by atoms with Gasteiger partial charge in [-0.15, -0.1) is 0 Å². The summed E-state index contributed by atoms with van der Waals surface area (Å²) in [6, 6.07) is 6.90. The van der Waals surface area contributed by atoms with E-state index in [0.29, 0.717) is 30.0 Å². The van der Waals surface area contributed by atoms with Gasteiger partial charge in [0.2, 0.25) is 0 Å². The van der Waals surface area contributed by atoms with Crippen LogP contribution in [0.1, 0.15) is 30.9 Å². The predicted octanol–water partition coefficient (Wildman–Crippen LogP) is 2.88. The molecule has 1 aromatic carbocycles. The van der Waals surface area contributed by atoms with Crippen molar-refractivity contribution in [1.29, 1.82) is 5.41 Å². The molecule has 172 valence electrons. The fraction of sp³-hybridized carbons (Fsp3) is 0.261. The highest BCUT2D eigenvalue weighted by atomic mass is 35.5. The molecule has 2 heterocycles. The standard InChI is InChI=1S/C23H22ClF2N5O2/c1-23(33)8-13(9-23)30-21-7-20(16(24)12-29-21)31-6-5-19(14(10-27)22(31)32)28-11-15-17(25)3-2-4-18(15)26/h2-7,10,12-13,27-28,33H,8-9,11H2,1H3,(H,29,30)/p+1. The molecular formula is C23H23ClF2N5O2+. The number of nitrogens with zero attached hydrogens (tertiary/aromatic N) is 2. The second kappa shape index (κ2) is 9.01. The largest absolute Gasteiger partial charge is 0.390 e. The Morgan fingerprint density at radius 2 is 2.06 bits per heavy atom. The van der Waals surface area contributed by atoms with Crippen LogP contribution in [0, 0.1) is 17.0 Å². The fourth-order valence-corrected chi connectivity index (χ4v) is 4.22. The van der Waals surface area contributed by atoms with Crippen LogP contribution >= 0.6 is 11.6 Å². The molecule has 0 bridgehead atoms. The minimum absolute atomic E-state index is 0.0612. The topological polar surface area (TPSA) is 108 Å². The van der Waals surface area contributed by atoms with Crippen LogP contribution < -0.4 is 16.2 Å². The molecule has 4 rings (SSSR count). The number of nitrogens with two attached hydrogens (primary N) is 1. The molecular weight excluding hydrogens is 452 g/mol. The number of benzene rings is 1. The van der Waals surface area contributed by atoms with Gasteiger partial charge in [-0.25, -0.2) is 13.8 Å². The maximum Gasteiger partial charge on any atom is 0.270 e. The Morgan fingerprint density at radius 3 is 2.70 bits per heavy atom. The van der Waals surface area contributed by atoms with Crippen molar-refractivity contribution in [3.8, 4) is 5.69 Å². The first-order valence-corrected chi connectivity index (χ1v) is 10.7. The van der Waals surface area contributed by atoms with Gasteiger partial charge in [-0.1, -0.05) is 17.7 Å². The summed E-state index contributed by atoms with van der Waals surface area (Å²) >= 11 is 6.31. The molecule has 2 aromatic heterocycles. The first kappa shape index (κ1) is 23.0. The first-order valence-electron chi connectivity index (χ1n) is 10.4. The van der Waals surface area contributed by atoms with Gasteiger partial charge in [0, 0.05) is 30.6 Å². The molecule has 0 radical (unpaired) electrons. The Bertz CT molecular complexity index is 1250. The lowest BCUT2D eigenvalue weighted by atomic mass is 9.77. The highest BCUT2D eigenvalue weighted by Gasteiger charge is 2.38. The van der Waals surface area contributed by atoms with Crippen LogP contribution in [0.5, 0.6) is 0 Å². The van der Waals surface area contributed by atoms with Gasteiger partial charge in [-0.05, 0) is 31.9 Å². The van der Waals surface area contributed by atoms with Crippen LogP contribution in [-0.4, -0.2) is 32.5 Å². The third-order valence-corrected chi connectivity index (χ3v) is 6.01. The summed E-state index contributed by atoms with van der Waals surface area (Å²) in [6.45, 7) is 1.70. The van der Waals surface area contributed by atoms with E-state index in [1.165, 1.54) is 40.5 Å². The van der Waals surface area contributed by atoms with Crippen LogP contribution in [0.3, 0.4) is 0 Å². The summed E-state index contributed by atoms with van der Waals surface area (Å²) in [6.07, 6.45) is 4.99. The van der Waals surface area contributed by atoms with Crippen molar-refractivity contribution in [1.82, 2.24) is 9.55 Å². The monoisotopic (exact) mass is 474 g/mol. The van der Waals surface area contributed by atoms with Gasteiger partial charge in [0.25, 0.3) is 5.56 Å². The van der Waals surface area contributed by atoms with Gasteiger partial charge in [0.1, 0.15) is 35.2 Å². The van der Waals surface area contributed by atoms with Gasteiger partial charge in [0.15, 0.2) is 0 Å². The minimum atomic E-state index is -0.694. The molecule has 1 saturated carbocycles. The number of pyridine rings is 2. The zero-order chi connectivity index (χ0) is 23.8. The van der Waals surface area contributed by atoms with Crippen LogP contribution in [0.25, 0.3) is 5.69 Å². The van der Waals surface area contributed by atoms with Gasteiger partial charge >= 0.3 is 0 Å². The summed E-state index contributed by atoms with van der Waals surface area (Å²) < 4.78 is 29.2. The number of nitrogens with one attached hydrogen (secondary N) is 2. The molecule has 1 aliphatic rings. The van der Waals surface area contributed by atoms with Gasteiger partial charge < -0.3 is 21.1 Å². The molecule has 3 aromatic rings. The zero-order valence-electron chi connectivity index (χ0n) is 17.8. The second-order valence-corrected chi connectivity index (χ2v) is 8.79. The maximum atomic E-state index is 13.9. The molecule has 33 heavy (non-hydrogen) atoms. The van der Waals surface area contributed by atoms with Gasteiger partial charge in [0.05, 0.1) is 28.1 Å². The summed E-state index contributed by atoms with van der Waals surface area (Å²) in [7, 11) is 0. The van der Waals surface area contributed by atoms with E-state index in [1.54, 1.807) is 19.1 Å². The van der Waals surface area contributed by atoms with E-state index in [1.807, 2.05) is 0 Å². The lowest BCUT2D eigenvalue weighted by molar-refractivity contribution is -0.589. The van der Waals surface area contributed by atoms with Crippen LogP contribution in [0.15, 0.2) is 47.5 Å². The van der Waals surface area contributed by atoms with E-state index >= 15 is 0 Å². The lowest BCUT2D eigenvalue weighted by Gasteiger charge is -2.41. The van der Waals surface area contributed by atoms with Gasteiger partial charge in [-0.2, -0.15) is 0 Å². The number of halogens is 3. The Kier molecular flexibility index (Phi) is 6.29. The van der Waals surface area contributed by atoms with Crippen molar-refractivity contribution < 1.29 is 19.2 Å². The van der Waals surface area contributed by atoms with Crippen molar-refractivity contribution in [3.05, 3.63) is 80.9 Å². The van der Waals surface area contributed by atoms with E-state index in [-0.39, 0.29) is 28.7 Å². The van der Waals surface area contributed by atoms with Crippen LogP contribution in [0.4, 0.5) is 20.3 Å². The summed E-state index contributed by atoms with van der Waals surface area (Å²) in [5.74, 6) is -0.844. The summed E-state index contributed by atoms with van der Waals surface area (Å²) in [5.41, 5.74) is -0.486. The number of rotatable bonds is 7. The molecule has 0 atom stereocenters. The van der Waals surface area contributed by atoms with E-state index in [9.17, 15) is 18.7 Å². The van der Waals surface area contributed by atoms with Crippen LogP contribution in [-0.2, 0) is 6.54 Å². The molecule has 0 amide bonds. The average Bonchev–Trinajstić information content (AvgIpc) is 2.74. The van der Waals surface area contributed by atoms with Crippen LogP contribution in [0.2, 0.25) is 5.02 Å². The van der Waals surface area contributed by atoms with E-state index in [4.69, 9.17) is 17.0 Å². The number of anilines is 1. The van der Waals surface area contributed by atoms with Crippen molar-refractivity contribution in [3.63, 3.8) is 0 Å². The molecule has 7 nitrogen and oxygen atoms in total. The molecule has 0 aliphatic heterocycles. The van der Waals surface area contributed by atoms with Crippen molar-refractivity contribution >= 4 is 29.3 Å². The second-order valence-electron chi connectivity index (χ2n) is 8.38. The Labute approximate surface area is 193 Å². The first-order chi connectivity index (χ1) is 15.7. The molecule has 1 aliphatic carbocycles. The smallest absolute Gasteiger partial charge is 0.270 e. The van der Waals surface area contributed by atoms with Crippen molar-refractivity contribution in [2.24, 2.45) is 0 Å². The Hall–Kier alpha value is -3.14. The molecule has 0 saturated heterocycles. The fourth-order valence-electron chi connectivity index (χ4n) is 4.02. The molecule has 0 unspecified atom stereocenters. The molecule has 10 heteroatoms. The molecule has 5 N–H and O–H groups in total. The van der Waals surface area contributed by atoms with Crippen molar-refractivity contribution in [2.75, 3.05) is 5.32 Å². The Morgan fingerprint density at radius 1 is 1.36 bits per heavy atom. The van der Waals surface area contributed by atoms with E-state index in [2.05, 4.69) is 10.3 Å². The number of quaternary nitrogens is 1. The molecule has 0 spiro atoms. The maximum absolute atomic E-state index is 13.9. The Balaban J connectivity index is 1.61. The molecule has 1 fully saturated rings. The minimum Gasteiger partial charge on any atom is -0.390 e. The number of hydrogen-bond acceptors (Lipinski definition) is 5. The number of aliphatic hydroxyl groups is 1. The highest BCUT2D eigenvalue weighted by molar-refractivity contribution is 6.32. The predicted molar refractivity (Wildman–Crippen MR) is 122 cm³/mol. The highest BCUT2D eigenvalue weighted by Crippen LogP contribution is 2.34. The lowest BCUT2D eigenvalue weighted by Crippen LogP contribution is -2.77. The van der Waals surface area contributed by atoms with Gasteiger partial charge in [-0.3, -0.25) is 9.36 Å². The third kappa shape index (κ3) is 4.80. The zero-order valence-corrected chi connectivity index (χ0v) is 18.5. The number of hydrogen-bond donors (Lipinski definition) is 4. The third-order valence-electron chi connectivity index (χ3n) is 5.71. The average molecular weight is 475 g/mol. The quantitative estimate of drug-likeness (QED) is 0.395. The summed E-state index contributed by atoms with van der Waals surface area (Å²) in [4.78, 5) is 17.4. The number of aromatic nitrogens is 2. The summed E-state index contributed by atoms with van der Waals surface area (Å²) in [5, 5.41) is 22.6. The van der Waals surface area contributed by atoms with Crippen molar-refractivity contribution in [2.45, 2.75) is 38.0 Å². The van der Waals surface area contributed by atoms with E-state index < -0.39 is 22.8 Å². The normalized spacial score (nSPS) is 19.7. The SMILES string of the molecule is CC1(O)CC(Nc2cc(-n3ccc([NH2+]Cc4c(F)cccc4F)c(C=N)c3=O)c(Cl)cn2)C1.